The summed E-state index contributed by atoms with van der Waals surface area (Å²) in [5, 5.41) is 13.5. The van der Waals surface area contributed by atoms with Gasteiger partial charge in [0.1, 0.15) is 6.29 Å². The minimum absolute atomic E-state index is 0.375. The topological polar surface area (TPSA) is 221 Å². The summed E-state index contributed by atoms with van der Waals surface area (Å²) in [7, 11) is 0. The Labute approximate surface area is 183 Å². The summed E-state index contributed by atoms with van der Waals surface area (Å²) in [6.07, 6.45) is 2.37. The van der Waals surface area contributed by atoms with Gasteiger partial charge in [-0.2, -0.15) is 9.98 Å². The van der Waals surface area contributed by atoms with Crippen molar-refractivity contribution >= 4 is 60.4 Å². The van der Waals surface area contributed by atoms with Crippen molar-refractivity contribution in [3.63, 3.8) is 0 Å². The first-order chi connectivity index (χ1) is 14.9. The lowest BCUT2D eigenvalue weighted by atomic mass is 10.2. The Hall–Kier alpha value is -4.10. The Bertz CT molecular complexity index is 838. The molecule has 14 heteroatoms. The van der Waals surface area contributed by atoms with Crippen molar-refractivity contribution in [3.8, 4) is 0 Å². The average Bonchev–Trinajstić information content (AvgIpc) is 2.75. The van der Waals surface area contributed by atoms with Crippen LogP contribution in [0.2, 0.25) is 0 Å². The van der Waals surface area contributed by atoms with Crippen LogP contribution >= 0.6 is 0 Å². The fourth-order valence-corrected chi connectivity index (χ4v) is 1.64. The lowest BCUT2D eigenvalue weighted by molar-refractivity contribution is -0.393. The molecular formula is C18H24N7O7-. The molecule has 0 radical (unpaired) electrons. The molecule has 32 heavy (non-hydrogen) atoms. The molecular weight excluding hydrogens is 426 g/mol. The minimum Gasteiger partial charge on any atom is -0.377 e. The van der Waals surface area contributed by atoms with Gasteiger partial charge in [0.25, 0.3) is 6.21 Å². The van der Waals surface area contributed by atoms with Gasteiger partial charge in [-0.25, -0.2) is 9.59 Å². The number of aldehydes is 1. The van der Waals surface area contributed by atoms with Gasteiger partial charge in [-0.1, -0.05) is 0 Å². The van der Waals surface area contributed by atoms with Crippen molar-refractivity contribution in [2.75, 3.05) is 0 Å². The molecule has 4 atom stereocenters. The molecule has 14 nitrogen and oxygen atoms in total. The van der Waals surface area contributed by atoms with Gasteiger partial charge in [-0.05, 0) is 18.1 Å². The largest absolute Gasteiger partial charge is 0.474 e. The summed E-state index contributed by atoms with van der Waals surface area (Å²) < 4.78 is 0. The molecule has 0 aliphatic heterocycles. The molecule has 0 aliphatic rings. The number of rotatable bonds is 11. The number of carbonyl (C=O) groups excluding carboxylic acids is 7. The van der Waals surface area contributed by atoms with Gasteiger partial charge in [0, 0.05) is 6.04 Å². The lowest BCUT2D eigenvalue weighted by Gasteiger charge is -2.26. The first kappa shape index (κ1) is 27.9. The summed E-state index contributed by atoms with van der Waals surface area (Å²) in [6, 6.07) is -4.92. The monoisotopic (exact) mass is 450 g/mol. The van der Waals surface area contributed by atoms with Crippen LogP contribution in [-0.2, 0) is 33.6 Å². The normalized spacial score (nSPS) is 14.5. The van der Waals surface area contributed by atoms with Crippen molar-refractivity contribution in [3.05, 3.63) is 27.7 Å². The Kier molecular flexibility index (Phi) is 12.2. The van der Waals surface area contributed by atoms with Crippen LogP contribution in [0.4, 0.5) is 0 Å². The van der Waals surface area contributed by atoms with Crippen LogP contribution < -0.4 is 36.7 Å². The lowest BCUT2D eigenvalue weighted by Crippen LogP contribution is -2.85. The van der Waals surface area contributed by atoms with E-state index in [0.29, 0.717) is 24.9 Å². The predicted octanol–water partition coefficient (Wildman–Crippen LogP) is -9.35. The maximum absolute atomic E-state index is 11.9. The molecule has 0 heterocycles. The predicted molar refractivity (Wildman–Crippen MR) is 107 cm³/mol. The van der Waals surface area contributed by atoms with E-state index in [0.717, 1.165) is 0 Å². The third kappa shape index (κ3) is 11.2. The number of hydrogen-bond acceptors (Lipinski definition) is 7. The second kappa shape index (κ2) is 14.0. The van der Waals surface area contributed by atoms with Crippen LogP contribution in [0, 0.1) is 27.7 Å². The first-order valence-corrected chi connectivity index (χ1v) is 8.72. The van der Waals surface area contributed by atoms with Crippen LogP contribution in [-0.4, -0.2) is 84.5 Å². The van der Waals surface area contributed by atoms with Gasteiger partial charge in [0.15, 0.2) is 0 Å². The number of nitrogens with one attached hydrogen (secondary N) is 6. The van der Waals surface area contributed by atoms with Crippen LogP contribution in [0.15, 0.2) is 0 Å². The highest BCUT2D eigenvalue weighted by Crippen LogP contribution is 1.88. The summed E-state index contributed by atoms with van der Waals surface area (Å²) in [6.45, 7) is 13.4. The molecule has 0 rings (SSSR count). The highest BCUT2D eigenvalue weighted by molar-refractivity contribution is 6.28. The summed E-state index contributed by atoms with van der Waals surface area (Å²) in [4.78, 5) is 84.1. The summed E-state index contributed by atoms with van der Waals surface area (Å²) >= 11 is 0. The molecule has 8 N–H and O–H groups in total. The van der Waals surface area contributed by atoms with E-state index in [1.54, 1.807) is 0 Å². The second-order valence-electron chi connectivity index (χ2n) is 5.91. The van der Waals surface area contributed by atoms with Gasteiger partial charge in [-0.3, -0.25) is 24.6 Å². The van der Waals surface area contributed by atoms with E-state index in [9.17, 15) is 33.6 Å². The van der Waals surface area contributed by atoms with Crippen LogP contribution in [0.1, 0.15) is 0 Å². The Morgan fingerprint density at radius 2 is 1.25 bits per heavy atom. The van der Waals surface area contributed by atoms with Gasteiger partial charge in [0.2, 0.25) is 24.2 Å². The van der Waals surface area contributed by atoms with Crippen molar-refractivity contribution in [2.45, 2.75) is 24.2 Å². The molecule has 0 saturated heterocycles. The third-order valence-electron chi connectivity index (χ3n) is 3.23. The van der Waals surface area contributed by atoms with Crippen molar-refractivity contribution < 1.29 is 49.0 Å². The van der Waals surface area contributed by atoms with Crippen molar-refractivity contribution in [1.82, 2.24) is 21.3 Å². The third-order valence-corrected chi connectivity index (χ3v) is 3.23. The molecule has 0 spiro atoms. The summed E-state index contributed by atoms with van der Waals surface area (Å²) in [5.74, 6) is -5.10. The standard InChI is InChI=1S/C18H21N7O7/c1-9(8-26)22-17(31)12(4)25-18(32)11(3)24-15(29)7-20-14(28)6-21-16(30)10(2)23-13(27)5-19/h5-12,19H,1-4H2,(H,22,31)(H,23,27)(H,24,29)(H,25,32)/q-4/p+3/t9-,10-,11-,12-/m0/s1. The molecule has 0 aromatic heterocycles. The maximum Gasteiger partial charge on any atom is 0.474 e. The van der Waals surface area contributed by atoms with E-state index in [1.807, 2.05) is 9.98 Å². The Morgan fingerprint density at radius 1 is 0.719 bits per heavy atom. The van der Waals surface area contributed by atoms with Gasteiger partial charge >= 0.3 is 23.6 Å². The van der Waals surface area contributed by atoms with E-state index in [-0.39, 0.29) is 0 Å². The summed E-state index contributed by atoms with van der Waals surface area (Å²) in [5.41, 5.74) is 0. The van der Waals surface area contributed by atoms with E-state index < -0.39 is 59.6 Å². The number of nitrogens with two attached hydrogens (primary N) is 1. The molecule has 0 fully saturated rings. The zero-order chi connectivity index (χ0) is 24.8. The number of hydrogen-bond donors (Lipinski definition) is 7. The van der Waals surface area contributed by atoms with Crippen LogP contribution in [0.25, 0.3) is 0 Å². The first-order valence-electron chi connectivity index (χ1n) is 8.72. The zero-order valence-electron chi connectivity index (χ0n) is 16.9. The smallest absolute Gasteiger partial charge is 0.377 e. The van der Waals surface area contributed by atoms with Gasteiger partial charge < -0.3 is 53.8 Å². The van der Waals surface area contributed by atoms with Crippen molar-refractivity contribution in [2.24, 2.45) is 0 Å². The van der Waals surface area contributed by atoms with Gasteiger partial charge in [0.05, 0.1) is 0 Å². The molecule has 0 bridgehead atoms. The van der Waals surface area contributed by atoms with Crippen LogP contribution in [0.5, 0.6) is 0 Å². The van der Waals surface area contributed by atoms with E-state index >= 15 is 0 Å². The van der Waals surface area contributed by atoms with E-state index in [4.69, 9.17) is 5.41 Å². The van der Waals surface area contributed by atoms with E-state index in [2.05, 4.69) is 49.0 Å². The molecule has 0 saturated carbocycles. The molecule has 0 aromatic rings. The number of carbonyl (C=O) groups is 7. The minimum atomic E-state index is -1.37. The SMILES string of the molecule is [CH2-][C@H](NC(=O)C=[NH+]C(=O)C=[NH+]C(=O)[C@H]([CH2-])NC(=O)C=[NH2+])C(=O)N[C@@H]([CH2-])C(=O)N[C@@H]([CH2-])C=O. The maximum atomic E-state index is 11.9. The highest BCUT2D eigenvalue weighted by Gasteiger charge is 2.17. The van der Waals surface area contributed by atoms with E-state index in [1.165, 1.54) is 0 Å². The van der Waals surface area contributed by atoms with Gasteiger partial charge in [-0.15, -0.1) is 0 Å². The molecule has 0 unspecified atom stereocenters. The molecule has 174 valence electrons. The Morgan fingerprint density at radius 3 is 1.81 bits per heavy atom. The molecule has 0 aromatic carbocycles. The number of amides is 6. The molecule has 6 amide bonds. The fourth-order valence-electron chi connectivity index (χ4n) is 1.64. The highest BCUT2D eigenvalue weighted by atomic mass is 16.2. The fraction of sp³-hybridized carbons (Fsp3) is 0.222. The quantitative estimate of drug-likeness (QED) is 0.0914. The second-order valence-corrected chi connectivity index (χ2v) is 5.91. The Balaban J connectivity index is 4.62. The van der Waals surface area contributed by atoms with Crippen molar-refractivity contribution in [1.29, 1.82) is 0 Å². The average molecular weight is 450 g/mol. The van der Waals surface area contributed by atoms with Crippen LogP contribution in [0.3, 0.4) is 0 Å². The zero-order valence-corrected chi connectivity index (χ0v) is 16.9. The molecule has 0 aliphatic carbocycles.